The van der Waals surface area contributed by atoms with Crippen LogP contribution in [0, 0.1) is 6.92 Å². The molecule has 0 unspecified atom stereocenters. The summed E-state index contributed by atoms with van der Waals surface area (Å²) in [5.74, 6) is 0.566. The maximum atomic E-state index is 12.5. The Morgan fingerprint density at radius 2 is 1.81 bits per heavy atom. The number of sulfonamides is 1. The van der Waals surface area contributed by atoms with Crippen molar-refractivity contribution in [3.8, 4) is 5.75 Å². The molecule has 3 aromatic rings. The number of nitrogens with one attached hydrogen (secondary N) is 1. The van der Waals surface area contributed by atoms with Crippen molar-refractivity contribution in [1.29, 1.82) is 0 Å². The van der Waals surface area contributed by atoms with Crippen molar-refractivity contribution < 1.29 is 17.9 Å². The number of rotatable bonds is 7. The summed E-state index contributed by atoms with van der Waals surface area (Å²) in [7, 11) is -2.11. The van der Waals surface area contributed by atoms with Crippen LogP contribution in [-0.2, 0) is 16.6 Å². The van der Waals surface area contributed by atoms with Gasteiger partial charge in [0.25, 0.3) is 0 Å². The summed E-state index contributed by atoms with van der Waals surface area (Å²) < 4.78 is 32.7. The number of carbonyl (C=O) groups excluding carboxylic acids is 1. The molecule has 0 aliphatic carbocycles. The van der Waals surface area contributed by atoms with Crippen molar-refractivity contribution in [2.45, 2.75) is 18.4 Å². The van der Waals surface area contributed by atoms with Gasteiger partial charge >= 0.3 is 0 Å². The molecule has 0 bridgehead atoms. The first-order valence-corrected chi connectivity index (χ1v) is 10.5. The highest BCUT2D eigenvalue weighted by atomic mass is 32.2. The Bertz CT molecular complexity index is 1060. The number of hydrogen-bond acceptors (Lipinski definition) is 5. The van der Waals surface area contributed by atoms with E-state index in [2.05, 4.69) is 4.72 Å². The van der Waals surface area contributed by atoms with Crippen molar-refractivity contribution in [2.75, 3.05) is 7.11 Å². The van der Waals surface area contributed by atoms with Crippen LogP contribution in [0.15, 0.2) is 65.6 Å². The number of methoxy groups -OCH3 is 1. The quantitative estimate of drug-likeness (QED) is 0.612. The van der Waals surface area contributed by atoms with E-state index in [1.807, 2.05) is 18.2 Å². The molecule has 0 aliphatic heterocycles. The van der Waals surface area contributed by atoms with Crippen molar-refractivity contribution in [3.63, 3.8) is 0 Å². The van der Waals surface area contributed by atoms with Crippen molar-refractivity contribution in [3.05, 3.63) is 81.5 Å². The zero-order valence-corrected chi connectivity index (χ0v) is 16.6. The van der Waals surface area contributed by atoms with Gasteiger partial charge in [0.05, 0.1) is 16.9 Å². The van der Waals surface area contributed by atoms with E-state index in [0.717, 1.165) is 10.4 Å². The van der Waals surface area contributed by atoms with Gasteiger partial charge in [0, 0.05) is 17.0 Å². The third-order valence-electron chi connectivity index (χ3n) is 4.03. The maximum Gasteiger partial charge on any atom is 0.240 e. The van der Waals surface area contributed by atoms with Gasteiger partial charge in [0.1, 0.15) is 5.75 Å². The summed E-state index contributed by atoms with van der Waals surface area (Å²) in [6.07, 6.45) is 0. The Kier molecular flexibility index (Phi) is 5.74. The standard InChI is InChI=1S/C20H19NO4S2/c1-14-12-17(9-10-18(14)25-2)27(23,24)21-13-16-8-11-19(26-16)20(22)15-6-4-3-5-7-15/h3-12,21H,13H2,1-2H3. The fourth-order valence-electron chi connectivity index (χ4n) is 2.59. The second-order valence-electron chi connectivity index (χ2n) is 5.92. The molecule has 0 spiro atoms. The highest BCUT2D eigenvalue weighted by molar-refractivity contribution is 7.89. The Labute approximate surface area is 162 Å². The van der Waals surface area contributed by atoms with Gasteiger partial charge in [-0.1, -0.05) is 30.3 Å². The van der Waals surface area contributed by atoms with Crippen LogP contribution in [0.1, 0.15) is 25.7 Å². The summed E-state index contributed by atoms with van der Waals surface area (Å²) >= 11 is 1.28. The van der Waals surface area contributed by atoms with E-state index in [4.69, 9.17) is 4.74 Å². The predicted molar refractivity (Wildman–Crippen MR) is 106 cm³/mol. The van der Waals surface area contributed by atoms with E-state index in [1.165, 1.54) is 17.4 Å². The molecule has 1 N–H and O–H groups in total. The second-order valence-corrected chi connectivity index (χ2v) is 8.85. The van der Waals surface area contributed by atoms with E-state index >= 15 is 0 Å². The number of thiophene rings is 1. The SMILES string of the molecule is COc1ccc(S(=O)(=O)NCc2ccc(C(=O)c3ccccc3)s2)cc1C. The van der Waals surface area contributed by atoms with E-state index in [9.17, 15) is 13.2 Å². The first kappa shape index (κ1) is 19.3. The topological polar surface area (TPSA) is 72.5 Å². The fraction of sp³-hybridized carbons (Fsp3) is 0.150. The molecule has 0 radical (unpaired) electrons. The maximum absolute atomic E-state index is 12.5. The van der Waals surface area contributed by atoms with E-state index in [-0.39, 0.29) is 17.2 Å². The van der Waals surface area contributed by atoms with Crippen LogP contribution in [0.4, 0.5) is 0 Å². The molecule has 1 heterocycles. The van der Waals surface area contributed by atoms with Crippen LogP contribution in [0.25, 0.3) is 0 Å². The molecule has 27 heavy (non-hydrogen) atoms. The van der Waals surface area contributed by atoms with Crippen LogP contribution < -0.4 is 9.46 Å². The lowest BCUT2D eigenvalue weighted by atomic mass is 10.1. The van der Waals surface area contributed by atoms with Crippen LogP contribution in [-0.4, -0.2) is 21.3 Å². The first-order chi connectivity index (χ1) is 12.9. The van der Waals surface area contributed by atoms with Gasteiger partial charge in [-0.2, -0.15) is 0 Å². The highest BCUT2D eigenvalue weighted by Gasteiger charge is 2.17. The number of ether oxygens (including phenoxy) is 1. The molecular weight excluding hydrogens is 382 g/mol. The smallest absolute Gasteiger partial charge is 0.240 e. The average Bonchev–Trinajstić information content (AvgIpc) is 3.15. The fourth-order valence-corrected chi connectivity index (χ4v) is 4.69. The Morgan fingerprint density at radius 1 is 1.07 bits per heavy atom. The molecular formula is C20H19NO4S2. The number of hydrogen-bond donors (Lipinski definition) is 1. The molecule has 0 aliphatic rings. The summed E-state index contributed by atoms with van der Waals surface area (Å²) in [4.78, 5) is 14.0. The van der Waals surface area contributed by atoms with Crippen molar-refractivity contribution in [1.82, 2.24) is 4.72 Å². The van der Waals surface area contributed by atoms with E-state index in [0.29, 0.717) is 16.2 Å². The number of aryl methyl sites for hydroxylation is 1. The average molecular weight is 402 g/mol. The summed E-state index contributed by atoms with van der Waals surface area (Å²) in [5, 5.41) is 0. The predicted octanol–water partition coefficient (Wildman–Crippen LogP) is 3.77. The number of benzene rings is 2. The normalized spacial score (nSPS) is 11.3. The first-order valence-electron chi connectivity index (χ1n) is 8.23. The molecule has 0 saturated heterocycles. The molecule has 0 fully saturated rings. The minimum atomic E-state index is -3.65. The molecule has 3 rings (SSSR count). The van der Waals surface area contributed by atoms with E-state index in [1.54, 1.807) is 50.4 Å². The van der Waals surface area contributed by atoms with Crippen LogP contribution in [0.5, 0.6) is 5.75 Å². The lowest BCUT2D eigenvalue weighted by Gasteiger charge is -2.09. The molecule has 5 nitrogen and oxygen atoms in total. The molecule has 1 aromatic heterocycles. The monoisotopic (exact) mass is 401 g/mol. The van der Waals surface area contributed by atoms with Crippen molar-refractivity contribution in [2.24, 2.45) is 0 Å². The molecule has 0 amide bonds. The summed E-state index contributed by atoms with van der Waals surface area (Å²) in [6.45, 7) is 1.92. The van der Waals surface area contributed by atoms with Gasteiger partial charge in [-0.15, -0.1) is 11.3 Å². The van der Waals surface area contributed by atoms with Gasteiger partial charge < -0.3 is 4.74 Å². The molecule has 140 valence electrons. The van der Waals surface area contributed by atoms with Crippen molar-refractivity contribution >= 4 is 27.1 Å². The van der Waals surface area contributed by atoms with Gasteiger partial charge in [0.15, 0.2) is 0 Å². The van der Waals surface area contributed by atoms with E-state index < -0.39 is 10.0 Å². The molecule has 0 saturated carbocycles. The largest absolute Gasteiger partial charge is 0.496 e. The minimum absolute atomic E-state index is 0.0690. The zero-order valence-electron chi connectivity index (χ0n) is 14.9. The van der Waals surface area contributed by atoms with Gasteiger partial charge in [0.2, 0.25) is 15.8 Å². The third-order valence-corrected chi connectivity index (χ3v) is 6.52. The Morgan fingerprint density at radius 3 is 2.48 bits per heavy atom. The zero-order chi connectivity index (χ0) is 19.4. The Hall–Kier alpha value is -2.48. The summed E-state index contributed by atoms with van der Waals surface area (Å²) in [6, 6.07) is 17.2. The second kappa shape index (κ2) is 8.04. The molecule has 7 heteroatoms. The number of carbonyl (C=O) groups is 1. The van der Waals surface area contributed by atoms with Gasteiger partial charge in [-0.25, -0.2) is 13.1 Å². The van der Waals surface area contributed by atoms with Crippen LogP contribution >= 0.6 is 11.3 Å². The molecule has 0 atom stereocenters. The lowest BCUT2D eigenvalue weighted by molar-refractivity contribution is 0.104. The highest BCUT2D eigenvalue weighted by Crippen LogP contribution is 2.23. The van der Waals surface area contributed by atoms with Crippen LogP contribution in [0.2, 0.25) is 0 Å². The van der Waals surface area contributed by atoms with Crippen LogP contribution in [0.3, 0.4) is 0 Å². The minimum Gasteiger partial charge on any atom is -0.496 e. The Balaban J connectivity index is 1.71. The summed E-state index contributed by atoms with van der Waals surface area (Å²) in [5.41, 5.74) is 1.35. The van der Waals surface area contributed by atoms with Gasteiger partial charge in [-0.3, -0.25) is 4.79 Å². The third kappa shape index (κ3) is 4.44. The van der Waals surface area contributed by atoms with Gasteiger partial charge in [-0.05, 0) is 42.8 Å². The number of ketones is 1. The molecule has 2 aromatic carbocycles. The lowest BCUT2D eigenvalue weighted by Crippen LogP contribution is -2.22.